The van der Waals surface area contributed by atoms with E-state index < -0.39 is 16.1 Å². The maximum atomic E-state index is 12.9. The third-order valence-electron chi connectivity index (χ3n) is 4.51. The van der Waals surface area contributed by atoms with Crippen molar-refractivity contribution in [2.24, 2.45) is 0 Å². The van der Waals surface area contributed by atoms with Gasteiger partial charge in [-0.2, -0.15) is 0 Å². The summed E-state index contributed by atoms with van der Waals surface area (Å²) in [5, 5.41) is 3.25. The zero-order chi connectivity index (χ0) is 20.4. The Morgan fingerprint density at radius 1 is 1.07 bits per heavy atom. The van der Waals surface area contributed by atoms with Gasteiger partial charge in [0.2, 0.25) is 15.9 Å². The summed E-state index contributed by atoms with van der Waals surface area (Å²) in [7, 11) is -3.71. The van der Waals surface area contributed by atoms with Crippen LogP contribution in [0.3, 0.4) is 0 Å². The first-order valence-electron chi connectivity index (χ1n) is 8.68. The second-order valence-electron chi connectivity index (χ2n) is 6.70. The summed E-state index contributed by atoms with van der Waals surface area (Å²) in [4.78, 5) is 12.9. The number of amides is 1. The van der Waals surface area contributed by atoms with Crippen molar-refractivity contribution in [2.75, 3.05) is 15.9 Å². The van der Waals surface area contributed by atoms with Crippen LogP contribution in [0.5, 0.6) is 0 Å². The fraction of sp³-hybridized carbons (Fsp3) is 0.350. The number of carbonyl (C=O) groups is 1. The van der Waals surface area contributed by atoms with E-state index in [9.17, 15) is 13.2 Å². The van der Waals surface area contributed by atoms with E-state index in [1.165, 1.54) is 0 Å². The number of halogens is 1. The fourth-order valence-electron chi connectivity index (χ4n) is 2.90. The molecule has 0 aliphatic heterocycles. The topological polar surface area (TPSA) is 66.5 Å². The molecule has 27 heavy (non-hydrogen) atoms. The number of nitrogens with one attached hydrogen (secondary N) is 1. The van der Waals surface area contributed by atoms with Crippen molar-refractivity contribution in [1.29, 1.82) is 0 Å². The molecule has 0 aliphatic rings. The Morgan fingerprint density at radius 2 is 1.70 bits per heavy atom. The molecule has 5 nitrogen and oxygen atoms in total. The molecule has 146 valence electrons. The predicted octanol–water partition coefficient (Wildman–Crippen LogP) is 4.45. The number of anilines is 2. The molecule has 0 heterocycles. The van der Waals surface area contributed by atoms with Gasteiger partial charge in [-0.3, -0.25) is 9.10 Å². The standard InChI is InChI=1S/C20H25ClN2O3S/c1-6-18(20(24)22-17-10-8-13(2)15(4)11-17)23(27(5,25)26)19-12-16(21)9-7-14(19)3/h7-12,18H,6H2,1-5H3,(H,22,24). The minimum absolute atomic E-state index is 0.315. The van der Waals surface area contributed by atoms with Crippen LogP contribution in [0.15, 0.2) is 36.4 Å². The van der Waals surface area contributed by atoms with Crippen LogP contribution in [-0.4, -0.2) is 26.6 Å². The zero-order valence-corrected chi connectivity index (χ0v) is 17.8. The Kier molecular flexibility index (Phi) is 6.54. The fourth-order valence-corrected chi connectivity index (χ4v) is 4.33. The first-order valence-corrected chi connectivity index (χ1v) is 10.9. The van der Waals surface area contributed by atoms with Crippen LogP contribution in [0.2, 0.25) is 5.02 Å². The van der Waals surface area contributed by atoms with Gasteiger partial charge in [-0.1, -0.05) is 30.7 Å². The summed E-state index contributed by atoms with van der Waals surface area (Å²) >= 11 is 6.08. The van der Waals surface area contributed by atoms with Crippen molar-refractivity contribution in [2.45, 2.75) is 40.2 Å². The van der Waals surface area contributed by atoms with Crippen molar-refractivity contribution in [1.82, 2.24) is 0 Å². The van der Waals surface area contributed by atoms with E-state index in [-0.39, 0.29) is 5.91 Å². The Bertz CT molecular complexity index is 958. The molecule has 0 fully saturated rings. The summed E-state index contributed by atoms with van der Waals surface area (Å²) in [6.45, 7) is 7.52. The molecule has 0 saturated carbocycles. The first kappa shape index (κ1) is 21.3. The maximum absolute atomic E-state index is 12.9. The molecule has 0 aliphatic carbocycles. The van der Waals surface area contributed by atoms with Crippen LogP contribution in [0.1, 0.15) is 30.0 Å². The van der Waals surface area contributed by atoms with E-state index in [1.54, 1.807) is 32.0 Å². The molecule has 0 radical (unpaired) electrons. The molecule has 0 saturated heterocycles. The highest BCUT2D eigenvalue weighted by Gasteiger charge is 2.32. The molecule has 7 heteroatoms. The largest absolute Gasteiger partial charge is 0.324 e. The van der Waals surface area contributed by atoms with Crippen LogP contribution in [-0.2, 0) is 14.8 Å². The van der Waals surface area contributed by atoms with Gasteiger partial charge >= 0.3 is 0 Å². The molecule has 1 amide bonds. The minimum Gasteiger partial charge on any atom is -0.324 e. The SMILES string of the molecule is CCC(C(=O)Nc1ccc(C)c(C)c1)N(c1cc(Cl)ccc1C)S(C)(=O)=O. The highest BCUT2D eigenvalue weighted by Crippen LogP contribution is 2.29. The Labute approximate surface area is 166 Å². The lowest BCUT2D eigenvalue weighted by atomic mass is 10.1. The smallest absolute Gasteiger partial charge is 0.248 e. The molecule has 2 aromatic rings. The monoisotopic (exact) mass is 408 g/mol. The molecule has 0 spiro atoms. The van der Waals surface area contributed by atoms with Gasteiger partial charge in [0.05, 0.1) is 11.9 Å². The van der Waals surface area contributed by atoms with E-state index in [0.29, 0.717) is 22.8 Å². The summed E-state index contributed by atoms with van der Waals surface area (Å²) in [6, 6.07) is 9.71. The molecule has 0 aromatic heterocycles. The van der Waals surface area contributed by atoms with Crippen molar-refractivity contribution in [3.8, 4) is 0 Å². The highest BCUT2D eigenvalue weighted by atomic mass is 35.5. The lowest BCUT2D eigenvalue weighted by Gasteiger charge is -2.31. The quantitative estimate of drug-likeness (QED) is 0.767. The van der Waals surface area contributed by atoms with Gasteiger partial charge in [-0.15, -0.1) is 0 Å². The van der Waals surface area contributed by atoms with Crippen molar-refractivity contribution in [3.05, 3.63) is 58.1 Å². The van der Waals surface area contributed by atoms with Gasteiger partial charge in [-0.05, 0) is 68.1 Å². The minimum atomic E-state index is -3.71. The summed E-state index contributed by atoms with van der Waals surface area (Å²) in [5.74, 6) is -0.384. The molecule has 0 bridgehead atoms. The van der Waals surface area contributed by atoms with Gasteiger partial charge in [0, 0.05) is 10.7 Å². The number of hydrogen-bond donors (Lipinski definition) is 1. The van der Waals surface area contributed by atoms with Crippen LogP contribution < -0.4 is 9.62 Å². The summed E-state index contributed by atoms with van der Waals surface area (Å²) < 4.78 is 26.3. The molecule has 1 N–H and O–H groups in total. The Balaban J connectivity index is 2.44. The van der Waals surface area contributed by atoms with Crippen LogP contribution in [0.4, 0.5) is 11.4 Å². The molecule has 2 aromatic carbocycles. The van der Waals surface area contributed by atoms with Crippen LogP contribution >= 0.6 is 11.6 Å². The molecule has 1 unspecified atom stereocenters. The van der Waals surface area contributed by atoms with E-state index in [2.05, 4.69) is 5.32 Å². The molecule has 2 rings (SSSR count). The highest BCUT2D eigenvalue weighted by molar-refractivity contribution is 7.92. The van der Waals surface area contributed by atoms with Crippen molar-refractivity contribution < 1.29 is 13.2 Å². The second-order valence-corrected chi connectivity index (χ2v) is 9.00. The second kappa shape index (κ2) is 8.31. The van der Waals surface area contributed by atoms with E-state index in [4.69, 9.17) is 11.6 Å². The maximum Gasteiger partial charge on any atom is 0.248 e. The average molecular weight is 409 g/mol. The van der Waals surface area contributed by atoms with Gasteiger partial charge in [0.1, 0.15) is 6.04 Å². The average Bonchev–Trinajstić information content (AvgIpc) is 2.57. The lowest BCUT2D eigenvalue weighted by molar-refractivity contribution is -0.117. The lowest BCUT2D eigenvalue weighted by Crippen LogP contribution is -2.47. The van der Waals surface area contributed by atoms with Gasteiger partial charge in [-0.25, -0.2) is 8.42 Å². The van der Waals surface area contributed by atoms with E-state index in [0.717, 1.165) is 27.3 Å². The Morgan fingerprint density at radius 3 is 2.26 bits per heavy atom. The normalized spacial score (nSPS) is 12.5. The Hall–Kier alpha value is -2.05. The van der Waals surface area contributed by atoms with Crippen LogP contribution in [0, 0.1) is 20.8 Å². The van der Waals surface area contributed by atoms with Gasteiger partial charge < -0.3 is 5.32 Å². The van der Waals surface area contributed by atoms with Crippen LogP contribution in [0.25, 0.3) is 0 Å². The number of nitrogens with zero attached hydrogens (tertiary/aromatic N) is 1. The number of hydrogen-bond acceptors (Lipinski definition) is 3. The number of carbonyl (C=O) groups excluding carboxylic acids is 1. The molecular formula is C20H25ClN2O3S. The zero-order valence-electron chi connectivity index (χ0n) is 16.2. The third kappa shape index (κ3) is 5.02. The number of rotatable bonds is 6. The first-order chi connectivity index (χ1) is 12.5. The molecule has 1 atom stereocenters. The number of aryl methyl sites for hydroxylation is 3. The van der Waals surface area contributed by atoms with Gasteiger partial charge in [0.25, 0.3) is 0 Å². The third-order valence-corrected chi connectivity index (χ3v) is 5.91. The van der Waals surface area contributed by atoms with Gasteiger partial charge in [0.15, 0.2) is 0 Å². The summed E-state index contributed by atoms with van der Waals surface area (Å²) in [6.07, 6.45) is 1.41. The summed E-state index contributed by atoms with van der Waals surface area (Å²) in [5.41, 5.74) is 3.94. The van der Waals surface area contributed by atoms with Crippen molar-refractivity contribution in [3.63, 3.8) is 0 Å². The number of benzene rings is 2. The van der Waals surface area contributed by atoms with E-state index >= 15 is 0 Å². The number of sulfonamides is 1. The van der Waals surface area contributed by atoms with E-state index in [1.807, 2.05) is 32.0 Å². The van der Waals surface area contributed by atoms with Crippen molar-refractivity contribution >= 4 is 38.9 Å². The predicted molar refractivity (Wildman–Crippen MR) is 112 cm³/mol. The molecular weight excluding hydrogens is 384 g/mol.